The molecule has 0 spiro atoms. The van der Waals surface area contributed by atoms with Crippen molar-refractivity contribution in [2.45, 2.75) is 13.5 Å². The van der Waals surface area contributed by atoms with Crippen molar-refractivity contribution in [3.8, 4) is 5.88 Å². The molecule has 0 unspecified atom stereocenters. The summed E-state index contributed by atoms with van der Waals surface area (Å²) in [6.45, 7) is -1.10. The molecule has 3 nitrogen and oxygen atoms in total. The normalized spacial score (nSPS) is 10.4. The lowest BCUT2D eigenvalue weighted by Gasteiger charge is -1.96. The molecule has 1 aromatic rings. The van der Waals surface area contributed by atoms with E-state index in [0.717, 1.165) is 0 Å². The number of aryl methyl sites for hydroxylation is 1. The number of hydrogen-bond donors (Lipinski definition) is 1. The van der Waals surface area contributed by atoms with Crippen molar-refractivity contribution in [3.63, 3.8) is 0 Å². The molecule has 0 saturated heterocycles. The third-order valence-corrected chi connectivity index (χ3v) is 0.892. The molecule has 0 aliphatic rings. The Morgan fingerprint density at radius 2 is 2.40 bits per heavy atom. The van der Waals surface area contributed by atoms with E-state index in [1.807, 2.05) is 0 Å². The van der Waals surface area contributed by atoms with Crippen LogP contribution in [0.2, 0.25) is 0 Å². The third kappa shape index (κ3) is 1.68. The maximum Gasteiger partial charge on any atom is 0.388 e. The molecule has 1 N–H and O–H groups in total. The van der Waals surface area contributed by atoms with Crippen LogP contribution in [0.15, 0.2) is 6.07 Å². The van der Waals surface area contributed by atoms with E-state index in [-0.39, 0.29) is 5.88 Å². The molecule has 0 aliphatic heterocycles. The van der Waals surface area contributed by atoms with Gasteiger partial charge in [-0.3, -0.25) is 5.10 Å². The van der Waals surface area contributed by atoms with Crippen LogP contribution in [0.3, 0.4) is 0 Å². The highest BCUT2D eigenvalue weighted by Crippen LogP contribution is 2.09. The average molecular weight is 148 g/mol. The summed E-state index contributed by atoms with van der Waals surface area (Å²) in [4.78, 5) is 0. The summed E-state index contributed by atoms with van der Waals surface area (Å²) in [5.41, 5.74) is 0.690. The Labute approximate surface area is 56.0 Å². The Morgan fingerprint density at radius 3 is 2.80 bits per heavy atom. The molecule has 1 aromatic heterocycles. The smallest absolute Gasteiger partial charge is 0.388 e. The molecule has 0 bridgehead atoms. The highest BCUT2D eigenvalue weighted by molar-refractivity contribution is 5.11. The number of rotatable bonds is 2. The van der Waals surface area contributed by atoms with Crippen molar-refractivity contribution in [1.82, 2.24) is 10.2 Å². The SMILES string of the molecule is Cc1cc(OC(F)F)n[nH]1. The van der Waals surface area contributed by atoms with E-state index in [1.54, 1.807) is 6.92 Å². The van der Waals surface area contributed by atoms with E-state index < -0.39 is 6.61 Å². The number of alkyl halides is 2. The molecule has 1 rings (SSSR count). The molecule has 5 heteroatoms. The lowest BCUT2D eigenvalue weighted by atomic mass is 10.5. The minimum atomic E-state index is -2.80. The van der Waals surface area contributed by atoms with Crippen molar-refractivity contribution >= 4 is 0 Å². The molecular weight excluding hydrogens is 142 g/mol. The second-order valence-corrected chi connectivity index (χ2v) is 1.77. The summed E-state index contributed by atoms with van der Waals surface area (Å²) < 4.78 is 26.9. The second-order valence-electron chi connectivity index (χ2n) is 1.77. The fourth-order valence-corrected chi connectivity index (χ4v) is 0.545. The van der Waals surface area contributed by atoms with Gasteiger partial charge in [-0.05, 0) is 6.92 Å². The van der Waals surface area contributed by atoms with Gasteiger partial charge in [0.1, 0.15) is 0 Å². The Morgan fingerprint density at radius 1 is 1.70 bits per heavy atom. The first-order chi connectivity index (χ1) is 4.68. The Balaban J connectivity index is 2.58. The topological polar surface area (TPSA) is 37.9 Å². The van der Waals surface area contributed by atoms with Gasteiger partial charge in [0.15, 0.2) is 0 Å². The van der Waals surface area contributed by atoms with E-state index in [1.165, 1.54) is 6.07 Å². The summed E-state index contributed by atoms with van der Waals surface area (Å²) >= 11 is 0. The van der Waals surface area contributed by atoms with Gasteiger partial charge in [0.05, 0.1) is 0 Å². The average Bonchev–Trinajstić information content (AvgIpc) is 2.13. The van der Waals surface area contributed by atoms with Crippen molar-refractivity contribution in [1.29, 1.82) is 0 Å². The van der Waals surface area contributed by atoms with Crippen LogP contribution in [-0.2, 0) is 0 Å². The van der Waals surface area contributed by atoms with Crippen LogP contribution in [0, 0.1) is 6.92 Å². The van der Waals surface area contributed by atoms with Crippen molar-refractivity contribution in [3.05, 3.63) is 11.8 Å². The Kier molecular flexibility index (Phi) is 1.84. The predicted molar refractivity (Wildman–Crippen MR) is 30.0 cm³/mol. The third-order valence-electron chi connectivity index (χ3n) is 0.892. The summed E-state index contributed by atoms with van der Waals surface area (Å²) in [5.74, 6) is -0.0764. The minimum absolute atomic E-state index is 0.0764. The summed E-state index contributed by atoms with van der Waals surface area (Å²) in [7, 11) is 0. The van der Waals surface area contributed by atoms with Gasteiger partial charge < -0.3 is 4.74 Å². The fraction of sp³-hybridized carbons (Fsp3) is 0.400. The number of hydrogen-bond acceptors (Lipinski definition) is 2. The van der Waals surface area contributed by atoms with Crippen LogP contribution in [0.4, 0.5) is 8.78 Å². The van der Waals surface area contributed by atoms with Gasteiger partial charge in [-0.15, -0.1) is 5.10 Å². The van der Waals surface area contributed by atoms with Crippen LogP contribution in [0.5, 0.6) is 5.88 Å². The lowest BCUT2D eigenvalue weighted by molar-refractivity contribution is -0.0528. The highest BCUT2D eigenvalue weighted by Gasteiger charge is 2.05. The monoisotopic (exact) mass is 148 g/mol. The van der Waals surface area contributed by atoms with Gasteiger partial charge >= 0.3 is 6.61 Å². The van der Waals surface area contributed by atoms with Crippen molar-refractivity contribution in [2.24, 2.45) is 0 Å². The number of nitrogens with one attached hydrogen (secondary N) is 1. The van der Waals surface area contributed by atoms with Gasteiger partial charge in [-0.2, -0.15) is 8.78 Å². The predicted octanol–water partition coefficient (Wildman–Crippen LogP) is 1.32. The molecule has 0 atom stereocenters. The molecule has 0 fully saturated rings. The number of aromatic amines is 1. The van der Waals surface area contributed by atoms with Gasteiger partial charge in [0.2, 0.25) is 5.88 Å². The molecule has 0 aliphatic carbocycles. The highest BCUT2D eigenvalue weighted by atomic mass is 19.3. The second kappa shape index (κ2) is 2.64. The molecule has 0 radical (unpaired) electrons. The molecular formula is C5H6F2N2O. The summed E-state index contributed by atoms with van der Waals surface area (Å²) in [6, 6.07) is 1.40. The van der Waals surface area contributed by atoms with Crippen molar-refractivity contribution in [2.75, 3.05) is 0 Å². The number of aromatic nitrogens is 2. The van der Waals surface area contributed by atoms with Crippen LogP contribution < -0.4 is 4.74 Å². The minimum Gasteiger partial charge on any atom is -0.415 e. The number of halogens is 2. The van der Waals surface area contributed by atoms with E-state index in [9.17, 15) is 8.78 Å². The lowest BCUT2D eigenvalue weighted by Crippen LogP contribution is -2.01. The van der Waals surface area contributed by atoms with Crippen molar-refractivity contribution < 1.29 is 13.5 Å². The van der Waals surface area contributed by atoms with Gasteiger partial charge in [0, 0.05) is 11.8 Å². The fourth-order valence-electron chi connectivity index (χ4n) is 0.545. The first-order valence-corrected chi connectivity index (χ1v) is 2.65. The van der Waals surface area contributed by atoms with Crippen LogP contribution in [-0.4, -0.2) is 16.8 Å². The van der Waals surface area contributed by atoms with E-state index in [0.29, 0.717) is 5.69 Å². The standard InChI is InChI=1S/C5H6F2N2O/c1-3-2-4(9-8-3)10-5(6)7/h2,5H,1H3,(H,8,9). The van der Waals surface area contributed by atoms with Gasteiger partial charge in [-0.1, -0.05) is 0 Å². The molecule has 56 valence electrons. The number of ether oxygens (including phenoxy) is 1. The zero-order valence-electron chi connectivity index (χ0n) is 5.27. The molecule has 0 aromatic carbocycles. The maximum absolute atomic E-state index is 11.5. The largest absolute Gasteiger partial charge is 0.415 e. The zero-order chi connectivity index (χ0) is 7.56. The first-order valence-electron chi connectivity index (χ1n) is 2.65. The van der Waals surface area contributed by atoms with Gasteiger partial charge in [0.25, 0.3) is 0 Å². The molecule has 10 heavy (non-hydrogen) atoms. The molecule has 0 amide bonds. The molecule has 0 saturated carbocycles. The maximum atomic E-state index is 11.5. The summed E-state index contributed by atoms with van der Waals surface area (Å²) in [5, 5.41) is 5.89. The van der Waals surface area contributed by atoms with Crippen LogP contribution in [0.25, 0.3) is 0 Å². The van der Waals surface area contributed by atoms with Crippen LogP contribution >= 0.6 is 0 Å². The zero-order valence-corrected chi connectivity index (χ0v) is 5.27. The molecule has 1 heterocycles. The Hall–Kier alpha value is -1.13. The van der Waals surface area contributed by atoms with E-state index in [4.69, 9.17) is 0 Å². The summed E-state index contributed by atoms with van der Waals surface area (Å²) in [6.07, 6.45) is 0. The number of H-pyrrole nitrogens is 1. The quantitative estimate of drug-likeness (QED) is 0.686. The van der Waals surface area contributed by atoms with Gasteiger partial charge in [-0.25, -0.2) is 0 Å². The number of nitrogens with zero attached hydrogens (tertiary/aromatic N) is 1. The Bertz CT molecular complexity index is 211. The van der Waals surface area contributed by atoms with E-state index >= 15 is 0 Å². The first kappa shape index (κ1) is 6.98. The van der Waals surface area contributed by atoms with E-state index in [2.05, 4.69) is 14.9 Å². The van der Waals surface area contributed by atoms with Crippen LogP contribution in [0.1, 0.15) is 5.69 Å².